The van der Waals surface area contributed by atoms with Crippen LogP contribution in [-0.2, 0) is 19.9 Å². The van der Waals surface area contributed by atoms with Gasteiger partial charge >= 0.3 is 0 Å². The molecule has 0 aromatic heterocycles. The molecule has 0 amide bonds. The lowest BCUT2D eigenvalue weighted by atomic mass is 10.2. The minimum Gasteiger partial charge on any atom is -0.396 e. The third-order valence-electron chi connectivity index (χ3n) is 3.14. The number of sulfone groups is 1. The molecule has 0 radical (unpaired) electrons. The van der Waals surface area contributed by atoms with Gasteiger partial charge in [0.1, 0.15) is 0 Å². The maximum absolute atomic E-state index is 12.8. The van der Waals surface area contributed by atoms with Crippen LogP contribution in [-0.4, -0.2) is 16.8 Å². The van der Waals surface area contributed by atoms with Crippen molar-refractivity contribution in [2.24, 2.45) is 5.14 Å². The van der Waals surface area contributed by atoms with Gasteiger partial charge in [0.05, 0.1) is 30.4 Å². The summed E-state index contributed by atoms with van der Waals surface area (Å²) < 4.78 is 48.4. The molecule has 0 atom stereocenters. The van der Waals surface area contributed by atoms with Gasteiger partial charge in [-0.15, -0.1) is 0 Å². The first-order chi connectivity index (χ1) is 10.4. The van der Waals surface area contributed by atoms with E-state index in [1.807, 2.05) is 0 Å². The Labute approximate surface area is 144 Å². The summed E-state index contributed by atoms with van der Waals surface area (Å²) >= 11 is 11.7. The molecular weight excluding hydrogens is 383 g/mol. The van der Waals surface area contributed by atoms with Gasteiger partial charge in [-0.3, -0.25) is 0 Å². The standard InChI is InChI=1S/C13H12Cl2N2O4S2/c1-7-2-3-8(23(17,20)21)6-12(7)22(18,19)9-4-10(14)13(16)11(15)5-9/h2-6H,16H2,1H3,(H2,17,20,21). The molecule has 0 bridgehead atoms. The van der Waals surface area contributed by atoms with Crippen molar-refractivity contribution in [2.45, 2.75) is 21.6 Å². The minimum absolute atomic E-state index is 0.0173. The number of primary sulfonamides is 1. The van der Waals surface area contributed by atoms with Crippen LogP contribution in [0.25, 0.3) is 0 Å². The Bertz CT molecular complexity index is 980. The van der Waals surface area contributed by atoms with Crippen molar-refractivity contribution < 1.29 is 16.8 Å². The van der Waals surface area contributed by atoms with Crippen molar-refractivity contribution in [3.8, 4) is 0 Å². The number of halogens is 2. The molecule has 124 valence electrons. The Morgan fingerprint density at radius 3 is 1.91 bits per heavy atom. The summed E-state index contributed by atoms with van der Waals surface area (Å²) in [5.41, 5.74) is 6.00. The Morgan fingerprint density at radius 2 is 1.43 bits per heavy atom. The highest BCUT2D eigenvalue weighted by molar-refractivity contribution is 7.91. The molecule has 0 heterocycles. The SMILES string of the molecule is Cc1ccc(S(N)(=O)=O)cc1S(=O)(=O)c1cc(Cl)c(N)c(Cl)c1. The molecule has 0 unspecified atom stereocenters. The molecule has 0 saturated heterocycles. The van der Waals surface area contributed by atoms with Gasteiger partial charge in [-0.2, -0.15) is 0 Å². The quantitative estimate of drug-likeness (QED) is 0.773. The minimum atomic E-state index is -4.06. The smallest absolute Gasteiger partial charge is 0.238 e. The molecule has 2 aromatic carbocycles. The Kier molecular flexibility index (Phi) is 4.67. The highest BCUT2D eigenvalue weighted by Gasteiger charge is 2.24. The molecule has 2 aromatic rings. The van der Waals surface area contributed by atoms with Crippen molar-refractivity contribution in [2.75, 3.05) is 5.73 Å². The van der Waals surface area contributed by atoms with Gasteiger partial charge in [0, 0.05) is 0 Å². The highest BCUT2D eigenvalue weighted by Crippen LogP contribution is 2.34. The first-order valence-corrected chi connectivity index (χ1v) is 9.86. The van der Waals surface area contributed by atoms with Crippen molar-refractivity contribution in [1.82, 2.24) is 0 Å². The molecule has 10 heteroatoms. The summed E-state index contributed by atoms with van der Waals surface area (Å²) in [5.74, 6) is 0. The van der Waals surface area contributed by atoms with E-state index in [1.165, 1.54) is 19.1 Å². The van der Waals surface area contributed by atoms with Gasteiger partial charge in [-0.25, -0.2) is 22.0 Å². The third-order valence-corrected chi connectivity index (χ3v) is 6.55. The maximum Gasteiger partial charge on any atom is 0.238 e. The van der Waals surface area contributed by atoms with Gasteiger partial charge in [0.2, 0.25) is 19.9 Å². The maximum atomic E-state index is 12.8. The summed E-state index contributed by atoms with van der Waals surface area (Å²) in [4.78, 5) is -0.716. The normalized spacial score (nSPS) is 12.3. The monoisotopic (exact) mass is 394 g/mol. The lowest BCUT2D eigenvalue weighted by Gasteiger charge is -2.11. The molecular formula is C13H12Cl2N2O4S2. The van der Waals surface area contributed by atoms with Crippen molar-refractivity contribution >= 4 is 48.7 Å². The summed E-state index contributed by atoms with van der Waals surface area (Å²) in [6.45, 7) is 1.53. The number of hydrogen-bond donors (Lipinski definition) is 2. The predicted molar refractivity (Wildman–Crippen MR) is 88.9 cm³/mol. The van der Waals surface area contributed by atoms with Gasteiger partial charge in [0.15, 0.2) is 0 Å². The molecule has 0 aliphatic carbocycles. The molecule has 6 nitrogen and oxygen atoms in total. The number of rotatable bonds is 3. The molecule has 2 rings (SSSR count). The van der Waals surface area contributed by atoms with E-state index in [4.69, 9.17) is 34.1 Å². The van der Waals surface area contributed by atoms with Crippen LogP contribution in [0.2, 0.25) is 10.0 Å². The number of anilines is 1. The average molecular weight is 395 g/mol. The van der Waals surface area contributed by atoms with Crippen LogP contribution in [0.1, 0.15) is 5.56 Å². The van der Waals surface area contributed by atoms with Crippen LogP contribution < -0.4 is 10.9 Å². The Hall–Kier alpha value is -1.32. The van der Waals surface area contributed by atoms with Crippen LogP contribution in [0.4, 0.5) is 5.69 Å². The topological polar surface area (TPSA) is 120 Å². The number of sulfonamides is 1. The van der Waals surface area contributed by atoms with E-state index in [0.29, 0.717) is 5.56 Å². The van der Waals surface area contributed by atoms with Crippen LogP contribution in [0.15, 0.2) is 45.0 Å². The first kappa shape index (κ1) is 18.0. The van der Waals surface area contributed by atoms with Crippen molar-refractivity contribution in [3.05, 3.63) is 45.9 Å². The molecule has 0 fully saturated rings. The first-order valence-electron chi connectivity index (χ1n) is 6.07. The zero-order valence-corrected chi connectivity index (χ0v) is 14.9. The fourth-order valence-electron chi connectivity index (χ4n) is 1.89. The molecule has 0 aliphatic heterocycles. The average Bonchev–Trinajstić information content (AvgIpc) is 2.43. The summed E-state index contributed by atoms with van der Waals surface area (Å²) in [6.07, 6.45) is 0. The lowest BCUT2D eigenvalue weighted by Crippen LogP contribution is -2.14. The van der Waals surface area contributed by atoms with Gasteiger partial charge in [-0.1, -0.05) is 29.3 Å². The van der Waals surface area contributed by atoms with E-state index < -0.39 is 19.9 Å². The third kappa shape index (κ3) is 3.46. The number of aryl methyl sites for hydroxylation is 1. The fourth-order valence-corrected chi connectivity index (χ4v) is 4.69. The summed E-state index contributed by atoms with van der Waals surface area (Å²) in [7, 11) is -8.10. The van der Waals surface area contributed by atoms with Crippen LogP contribution >= 0.6 is 23.2 Å². The number of nitrogens with two attached hydrogens (primary N) is 2. The second-order valence-corrected chi connectivity index (χ2v) is 9.07. The molecule has 0 spiro atoms. The molecule has 23 heavy (non-hydrogen) atoms. The zero-order chi connectivity index (χ0) is 17.6. The summed E-state index contributed by atoms with van der Waals surface area (Å²) in [6, 6.07) is 5.89. The Balaban J connectivity index is 2.75. The summed E-state index contributed by atoms with van der Waals surface area (Å²) in [5, 5.41) is 5.01. The number of benzene rings is 2. The van der Waals surface area contributed by atoms with Gasteiger partial charge in [0.25, 0.3) is 0 Å². The van der Waals surface area contributed by atoms with E-state index in [1.54, 1.807) is 0 Å². The second-order valence-electron chi connectivity index (χ2n) is 4.78. The van der Waals surface area contributed by atoms with Crippen molar-refractivity contribution in [1.29, 1.82) is 0 Å². The van der Waals surface area contributed by atoms with E-state index in [-0.39, 0.29) is 30.4 Å². The lowest BCUT2D eigenvalue weighted by molar-refractivity contribution is 0.594. The second kappa shape index (κ2) is 5.95. The van der Waals surface area contributed by atoms with Crippen LogP contribution in [0.5, 0.6) is 0 Å². The van der Waals surface area contributed by atoms with E-state index in [2.05, 4.69) is 0 Å². The van der Waals surface area contributed by atoms with E-state index >= 15 is 0 Å². The van der Waals surface area contributed by atoms with E-state index in [9.17, 15) is 16.8 Å². The molecule has 4 N–H and O–H groups in total. The predicted octanol–water partition coefficient (Wildman–Crippen LogP) is 2.36. The highest BCUT2D eigenvalue weighted by atomic mass is 35.5. The Morgan fingerprint density at radius 1 is 0.913 bits per heavy atom. The van der Waals surface area contributed by atoms with Crippen LogP contribution in [0.3, 0.4) is 0 Å². The number of nitrogen functional groups attached to an aromatic ring is 1. The fraction of sp³-hybridized carbons (Fsp3) is 0.0769. The number of hydrogen-bond acceptors (Lipinski definition) is 5. The van der Waals surface area contributed by atoms with Gasteiger partial charge in [-0.05, 0) is 36.8 Å². The largest absolute Gasteiger partial charge is 0.396 e. The van der Waals surface area contributed by atoms with Crippen molar-refractivity contribution in [3.63, 3.8) is 0 Å². The molecule has 0 aliphatic rings. The van der Waals surface area contributed by atoms with Gasteiger partial charge < -0.3 is 5.73 Å². The van der Waals surface area contributed by atoms with Crippen LogP contribution in [0, 0.1) is 6.92 Å². The van der Waals surface area contributed by atoms with E-state index in [0.717, 1.165) is 18.2 Å². The zero-order valence-electron chi connectivity index (χ0n) is 11.7. The molecule has 0 saturated carbocycles.